The van der Waals surface area contributed by atoms with Crippen molar-refractivity contribution in [3.05, 3.63) is 28.7 Å². The largest absolute Gasteiger partial charge is 0.350 e. The summed E-state index contributed by atoms with van der Waals surface area (Å²) in [6.07, 6.45) is 2.93. The second-order valence-corrected chi connectivity index (χ2v) is 7.38. The third-order valence-electron chi connectivity index (χ3n) is 3.64. The van der Waals surface area contributed by atoms with Crippen LogP contribution in [0.5, 0.6) is 0 Å². The lowest BCUT2D eigenvalue weighted by molar-refractivity contribution is -0.116. The molecule has 7 heteroatoms. The van der Waals surface area contributed by atoms with Gasteiger partial charge in [-0.3, -0.25) is 9.79 Å². The van der Waals surface area contributed by atoms with Gasteiger partial charge >= 0.3 is 0 Å². The first-order valence-corrected chi connectivity index (χ1v) is 8.88. The number of amides is 1. The number of carbonyl (C=O) groups is 1. The summed E-state index contributed by atoms with van der Waals surface area (Å²) in [6, 6.07) is 8.42. The van der Waals surface area contributed by atoms with E-state index in [0.29, 0.717) is 12.5 Å². The highest BCUT2D eigenvalue weighted by atomic mass is 79.9. The number of thioether (sulfide) groups is 1. The number of halogens is 2. The first-order valence-electron chi connectivity index (χ1n) is 7.10. The first-order chi connectivity index (χ1) is 10.1. The van der Waals surface area contributed by atoms with Gasteiger partial charge in [-0.25, -0.2) is 0 Å². The molecule has 0 aromatic heterocycles. The Kier molecular flexibility index (Phi) is 6.17. The Morgan fingerprint density at radius 3 is 2.73 bits per heavy atom. The molecule has 0 spiro atoms. The molecule has 1 N–H and O–H groups in total. The quantitative estimate of drug-likeness (QED) is 0.831. The first kappa shape index (κ1) is 17.6. The third kappa shape index (κ3) is 4.64. The molecule has 1 aromatic rings. The van der Waals surface area contributed by atoms with Crippen molar-refractivity contribution in [3.63, 3.8) is 0 Å². The van der Waals surface area contributed by atoms with Crippen molar-refractivity contribution in [2.45, 2.75) is 31.3 Å². The van der Waals surface area contributed by atoms with Gasteiger partial charge in [-0.1, -0.05) is 27.7 Å². The number of hydrogen-bond donors (Lipinski definition) is 1. The maximum Gasteiger partial charge on any atom is 0.226 e. The fourth-order valence-corrected chi connectivity index (χ4v) is 3.71. The molecule has 1 unspecified atom stereocenters. The molecule has 1 saturated carbocycles. The number of nitrogens with zero attached hydrogens (tertiary/aromatic N) is 2. The number of aliphatic imine (C=N–C) groups is 1. The molecule has 0 bridgehead atoms. The van der Waals surface area contributed by atoms with E-state index >= 15 is 0 Å². The fourth-order valence-electron chi connectivity index (χ4n) is 2.18. The van der Waals surface area contributed by atoms with Crippen LogP contribution in [0.25, 0.3) is 0 Å². The van der Waals surface area contributed by atoms with Gasteiger partial charge < -0.3 is 10.2 Å². The number of anilines is 1. The zero-order valence-corrected chi connectivity index (χ0v) is 15.5. The highest BCUT2D eigenvalue weighted by Gasteiger charge is 2.31. The summed E-state index contributed by atoms with van der Waals surface area (Å²) in [4.78, 5) is 19.0. The van der Waals surface area contributed by atoms with Gasteiger partial charge in [-0.05, 0) is 37.1 Å². The number of rotatable bonds is 4. The summed E-state index contributed by atoms with van der Waals surface area (Å²) < 4.78 is 1.01. The minimum absolute atomic E-state index is 0. The summed E-state index contributed by atoms with van der Waals surface area (Å²) in [7, 11) is 2.04. The van der Waals surface area contributed by atoms with Crippen molar-refractivity contribution >= 4 is 56.9 Å². The van der Waals surface area contributed by atoms with Crippen LogP contribution in [0.15, 0.2) is 33.7 Å². The molecule has 1 aromatic carbocycles. The van der Waals surface area contributed by atoms with Gasteiger partial charge in [-0.15, -0.1) is 12.4 Å². The normalized spacial score (nSPS) is 22.5. The molecular weight excluding hydrogens is 386 g/mol. The lowest BCUT2D eigenvalue weighted by Crippen LogP contribution is -2.33. The van der Waals surface area contributed by atoms with Crippen LogP contribution in [0.1, 0.15) is 19.3 Å². The number of hydrogen-bond acceptors (Lipinski definition) is 3. The summed E-state index contributed by atoms with van der Waals surface area (Å²) in [6.45, 7) is 0. The zero-order chi connectivity index (χ0) is 14.8. The standard InChI is InChI=1S/C15H18BrN3OS.ClH/c1-19-13(9-21-15(19)18-12-6-7-12)8-14(20)17-11-4-2-10(16)3-5-11;/h2-5,12-13H,6-9H2,1H3,(H,17,20);1H. The van der Waals surface area contributed by atoms with E-state index in [1.807, 2.05) is 31.3 Å². The van der Waals surface area contributed by atoms with Crippen molar-refractivity contribution in [3.8, 4) is 0 Å². The predicted octanol–water partition coefficient (Wildman–Crippen LogP) is 3.77. The topological polar surface area (TPSA) is 44.7 Å². The molecule has 0 radical (unpaired) electrons. The highest BCUT2D eigenvalue weighted by Crippen LogP contribution is 2.30. The average molecular weight is 405 g/mol. The van der Waals surface area contributed by atoms with Gasteiger partial charge in [-0.2, -0.15) is 0 Å². The van der Waals surface area contributed by atoms with E-state index in [1.165, 1.54) is 12.8 Å². The predicted molar refractivity (Wildman–Crippen MR) is 99.1 cm³/mol. The van der Waals surface area contributed by atoms with E-state index in [-0.39, 0.29) is 24.4 Å². The third-order valence-corrected chi connectivity index (χ3v) is 5.37. The van der Waals surface area contributed by atoms with Crippen LogP contribution < -0.4 is 5.32 Å². The van der Waals surface area contributed by atoms with Crippen LogP contribution >= 0.6 is 40.1 Å². The molecule has 1 aliphatic carbocycles. The Bertz CT molecular complexity index is 562. The molecule has 120 valence electrons. The molecule has 4 nitrogen and oxygen atoms in total. The molecule has 3 rings (SSSR count). The molecule has 1 atom stereocenters. The molecule has 2 fully saturated rings. The Labute approximate surface area is 149 Å². The maximum atomic E-state index is 12.1. The van der Waals surface area contributed by atoms with Crippen LogP contribution in [-0.2, 0) is 4.79 Å². The fraction of sp³-hybridized carbons (Fsp3) is 0.467. The number of benzene rings is 1. The van der Waals surface area contributed by atoms with Crippen molar-refractivity contribution in [1.82, 2.24) is 4.90 Å². The Hall–Kier alpha value is -0.720. The Balaban J connectivity index is 0.00000176. The van der Waals surface area contributed by atoms with Crippen LogP contribution in [0, 0.1) is 0 Å². The van der Waals surface area contributed by atoms with Crippen molar-refractivity contribution < 1.29 is 4.79 Å². The summed E-state index contributed by atoms with van der Waals surface area (Å²) in [5.74, 6) is 0.998. The van der Waals surface area contributed by atoms with Gasteiger partial charge in [0.25, 0.3) is 0 Å². The summed E-state index contributed by atoms with van der Waals surface area (Å²) >= 11 is 5.15. The summed E-state index contributed by atoms with van der Waals surface area (Å²) in [5.41, 5.74) is 0.836. The maximum absolute atomic E-state index is 12.1. The molecule has 1 aliphatic heterocycles. The van der Waals surface area contributed by atoms with Gasteiger partial charge in [0, 0.05) is 35.4 Å². The second-order valence-electron chi connectivity index (χ2n) is 5.48. The zero-order valence-electron chi connectivity index (χ0n) is 12.3. The van der Waals surface area contributed by atoms with E-state index in [0.717, 1.165) is 21.1 Å². The lowest BCUT2D eigenvalue weighted by Gasteiger charge is -2.20. The molecule has 1 amide bonds. The van der Waals surface area contributed by atoms with Gasteiger partial charge in [0.15, 0.2) is 5.17 Å². The number of amidine groups is 1. The van der Waals surface area contributed by atoms with Crippen LogP contribution in [-0.4, -0.2) is 40.9 Å². The molecule has 2 aliphatic rings. The van der Waals surface area contributed by atoms with Crippen molar-refractivity contribution in [2.24, 2.45) is 4.99 Å². The van der Waals surface area contributed by atoms with Crippen LogP contribution in [0.2, 0.25) is 0 Å². The SMILES string of the molecule is CN1C(=NC2CC2)SCC1CC(=O)Nc1ccc(Br)cc1.Cl. The smallest absolute Gasteiger partial charge is 0.226 e. The van der Waals surface area contributed by atoms with Crippen LogP contribution in [0.3, 0.4) is 0 Å². The highest BCUT2D eigenvalue weighted by molar-refractivity contribution is 9.10. The van der Waals surface area contributed by atoms with E-state index < -0.39 is 0 Å². The van der Waals surface area contributed by atoms with Gasteiger partial charge in [0.1, 0.15) is 0 Å². The average Bonchev–Trinajstić information content (AvgIpc) is 3.21. The molecule has 22 heavy (non-hydrogen) atoms. The monoisotopic (exact) mass is 403 g/mol. The van der Waals surface area contributed by atoms with Crippen molar-refractivity contribution in [2.75, 3.05) is 18.1 Å². The molecular formula is C15H19BrClN3OS. The van der Waals surface area contributed by atoms with Crippen LogP contribution in [0.4, 0.5) is 5.69 Å². The lowest BCUT2D eigenvalue weighted by atomic mass is 10.2. The van der Waals surface area contributed by atoms with E-state index in [4.69, 9.17) is 0 Å². The van der Waals surface area contributed by atoms with Gasteiger partial charge in [0.2, 0.25) is 5.91 Å². The van der Waals surface area contributed by atoms with E-state index in [1.54, 1.807) is 11.8 Å². The number of carbonyl (C=O) groups excluding carboxylic acids is 1. The Morgan fingerprint density at radius 1 is 1.41 bits per heavy atom. The van der Waals surface area contributed by atoms with E-state index in [2.05, 4.69) is 31.1 Å². The second kappa shape index (κ2) is 7.70. The van der Waals surface area contributed by atoms with E-state index in [9.17, 15) is 4.79 Å². The molecule has 1 saturated heterocycles. The molecule has 1 heterocycles. The summed E-state index contributed by atoms with van der Waals surface area (Å²) in [5, 5.41) is 4.05. The van der Waals surface area contributed by atoms with Gasteiger partial charge in [0.05, 0.1) is 6.04 Å². The number of nitrogens with one attached hydrogen (secondary N) is 1. The minimum Gasteiger partial charge on any atom is -0.350 e. The van der Waals surface area contributed by atoms with Crippen molar-refractivity contribution in [1.29, 1.82) is 0 Å². The minimum atomic E-state index is 0. The Morgan fingerprint density at radius 2 is 2.09 bits per heavy atom.